The standard InChI is InChI=1S/C18H20N2O2/c1-12(2)13-7-3-4-8-14(13)20-18(21)17-11-19-15-9-5-6-10-16(15)22-17/h3-10,12,17,19H,11H2,1-2H3,(H,20,21). The van der Waals surface area contributed by atoms with E-state index >= 15 is 0 Å². The fourth-order valence-corrected chi connectivity index (χ4v) is 2.59. The molecule has 0 aromatic heterocycles. The van der Waals surface area contributed by atoms with Crippen molar-refractivity contribution in [2.75, 3.05) is 17.2 Å². The maximum Gasteiger partial charge on any atom is 0.267 e. The summed E-state index contributed by atoms with van der Waals surface area (Å²) in [6, 6.07) is 15.5. The number of hydrogen-bond donors (Lipinski definition) is 2. The fourth-order valence-electron chi connectivity index (χ4n) is 2.59. The minimum absolute atomic E-state index is 0.130. The highest BCUT2D eigenvalue weighted by atomic mass is 16.5. The molecule has 1 unspecified atom stereocenters. The number of hydrogen-bond acceptors (Lipinski definition) is 3. The Kier molecular flexibility index (Phi) is 4.00. The van der Waals surface area contributed by atoms with E-state index in [2.05, 4.69) is 24.5 Å². The summed E-state index contributed by atoms with van der Waals surface area (Å²) in [7, 11) is 0. The summed E-state index contributed by atoms with van der Waals surface area (Å²) in [5.41, 5.74) is 2.90. The SMILES string of the molecule is CC(C)c1ccccc1NC(=O)C1CNc2ccccc2O1. The van der Waals surface area contributed by atoms with Crippen LogP contribution in [0.1, 0.15) is 25.3 Å². The lowest BCUT2D eigenvalue weighted by Crippen LogP contribution is -2.41. The topological polar surface area (TPSA) is 50.4 Å². The second-order valence-electron chi connectivity index (χ2n) is 5.71. The highest BCUT2D eigenvalue weighted by molar-refractivity contribution is 5.96. The quantitative estimate of drug-likeness (QED) is 0.909. The summed E-state index contributed by atoms with van der Waals surface area (Å²) in [6.07, 6.45) is -0.532. The maximum absolute atomic E-state index is 12.5. The molecule has 0 saturated heterocycles. The summed E-state index contributed by atoms with van der Waals surface area (Å²) in [5, 5.41) is 6.22. The first kappa shape index (κ1) is 14.4. The number of rotatable bonds is 3. The maximum atomic E-state index is 12.5. The van der Waals surface area contributed by atoms with Crippen LogP contribution in [-0.2, 0) is 4.79 Å². The van der Waals surface area contributed by atoms with Gasteiger partial charge in [0.15, 0.2) is 6.10 Å². The number of amides is 1. The van der Waals surface area contributed by atoms with E-state index in [9.17, 15) is 4.79 Å². The van der Waals surface area contributed by atoms with Gasteiger partial charge in [-0.25, -0.2) is 0 Å². The molecule has 2 aromatic carbocycles. The van der Waals surface area contributed by atoms with Crippen LogP contribution in [0.25, 0.3) is 0 Å². The fraction of sp³-hybridized carbons (Fsp3) is 0.278. The molecule has 3 rings (SSSR count). The van der Waals surface area contributed by atoms with E-state index in [0.717, 1.165) is 16.9 Å². The second kappa shape index (κ2) is 6.10. The van der Waals surface area contributed by atoms with Crippen LogP contribution in [0.15, 0.2) is 48.5 Å². The molecule has 1 heterocycles. The molecule has 2 aromatic rings. The molecular formula is C18H20N2O2. The molecule has 0 saturated carbocycles. The summed E-state index contributed by atoms with van der Waals surface area (Å²) >= 11 is 0. The van der Waals surface area contributed by atoms with Crippen LogP contribution in [0, 0.1) is 0 Å². The molecule has 1 aliphatic heterocycles. The summed E-state index contributed by atoms with van der Waals surface area (Å²) in [4.78, 5) is 12.5. The minimum atomic E-state index is -0.532. The van der Waals surface area contributed by atoms with Crippen molar-refractivity contribution in [3.05, 3.63) is 54.1 Å². The highest BCUT2D eigenvalue weighted by Gasteiger charge is 2.26. The van der Waals surface area contributed by atoms with Crippen molar-refractivity contribution >= 4 is 17.3 Å². The molecule has 1 amide bonds. The van der Waals surface area contributed by atoms with Gasteiger partial charge in [0, 0.05) is 5.69 Å². The van der Waals surface area contributed by atoms with Gasteiger partial charge in [-0.2, -0.15) is 0 Å². The average Bonchev–Trinajstić information content (AvgIpc) is 2.54. The van der Waals surface area contributed by atoms with Crippen LogP contribution in [0.3, 0.4) is 0 Å². The van der Waals surface area contributed by atoms with Gasteiger partial charge in [-0.05, 0) is 29.7 Å². The lowest BCUT2D eigenvalue weighted by atomic mass is 10.0. The van der Waals surface area contributed by atoms with Gasteiger partial charge in [0.2, 0.25) is 0 Å². The van der Waals surface area contributed by atoms with Crippen LogP contribution < -0.4 is 15.4 Å². The van der Waals surface area contributed by atoms with E-state index in [-0.39, 0.29) is 5.91 Å². The van der Waals surface area contributed by atoms with Gasteiger partial charge in [0.1, 0.15) is 5.75 Å². The number of fused-ring (bicyclic) bond motifs is 1. The molecule has 0 spiro atoms. The van der Waals surface area contributed by atoms with Gasteiger partial charge in [0.05, 0.1) is 12.2 Å². The zero-order valence-electron chi connectivity index (χ0n) is 12.8. The van der Waals surface area contributed by atoms with Gasteiger partial charge in [-0.3, -0.25) is 4.79 Å². The molecular weight excluding hydrogens is 276 g/mol. The van der Waals surface area contributed by atoms with Crippen molar-refractivity contribution in [1.29, 1.82) is 0 Å². The molecule has 0 radical (unpaired) electrons. The predicted octanol–water partition coefficient (Wildman–Crippen LogP) is 3.62. The van der Waals surface area contributed by atoms with Crippen molar-refractivity contribution in [2.24, 2.45) is 0 Å². The Morgan fingerprint density at radius 1 is 1.18 bits per heavy atom. The third-order valence-electron chi connectivity index (χ3n) is 3.77. The van der Waals surface area contributed by atoms with E-state index in [1.165, 1.54) is 0 Å². The van der Waals surface area contributed by atoms with Crippen LogP contribution >= 0.6 is 0 Å². The first-order valence-electron chi connectivity index (χ1n) is 7.54. The van der Waals surface area contributed by atoms with Crippen LogP contribution in [-0.4, -0.2) is 18.6 Å². The summed E-state index contributed by atoms with van der Waals surface area (Å²) < 4.78 is 5.79. The van der Waals surface area contributed by atoms with Crippen molar-refractivity contribution in [3.63, 3.8) is 0 Å². The number of para-hydroxylation sites is 3. The number of ether oxygens (including phenoxy) is 1. The van der Waals surface area contributed by atoms with E-state index < -0.39 is 6.10 Å². The Bertz CT molecular complexity index is 682. The van der Waals surface area contributed by atoms with Gasteiger partial charge < -0.3 is 15.4 Å². The largest absolute Gasteiger partial charge is 0.477 e. The Balaban J connectivity index is 1.74. The lowest BCUT2D eigenvalue weighted by molar-refractivity contribution is -0.122. The van der Waals surface area contributed by atoms with Crippen molar-refractivity contribution in [2.45, 2.75) is 25.9 Å². The van der Waals surface area contributed by atoms with E-state index in [1.807, 2.05) is 48.5 Å². The number of carbonyl (C=O) groups is 1. The summed E-state index contributed by atoms with van der Waals surface area (Å²) in [5.74, 6) is 0.934. The van der Waals surface area contributed by atoms with E-state index in [0.29, 0.717) is 18.2 Å². The third kappa shape index (κ3) is 2.91. The van der Waals surface area contributed by atoms with Gasteiger partial charge in [0.25, 0.3) is 5.91 Å². The zero-order chi connectivity index (χ0) is 15.5. The molecule has 4 nitrogen and oxygen atoms in total. The normalized spacial score (nSPS) is 16.4. The molecule has 0 fully saturated rings. The second-order valence-corrected chi connectivity index (χ2v) is 5.71. The Morgan fingerprint density at radius 3 is 2.73 bits per heavy atom. The molecule has 4 heteroatoms. The van der Waals surface area contributed by atoms with Crippen molar-refractivity contribution in [3.8, 4) is 5.75 Å². The Morgan fingerprint density at radius 2 is 1.91 bits per heavy atom. The van der Waals surface area contributed by atoms with Crippen molar-refractivity contribution < 1.29 is 9.53 Å². The highest BCUT2D eigenvalue weighted by Crippen LogP contribution is 2.29. The first-order chi connectivity index (χ1) is 10.6. The monoisotopic (exact) mass is 296 g/mol. The third-order valence-corrected chi connectivity index (χ3v) is 3.77. The Hall–Kier alpha value is -2.49. The van der Waals surface area contributed by atoms with Crippen molar-refractivity contribution in [1.82, 2.24) is 0 Å². The zero-order valence-corrected chi connectivity index (χ0v) is 12.8. The summed E-state index contributed by atoms with van der Waals surface area (Å²) in [6.45, 7) is 4.69. The van der Waals surface area contributed by atoms with Gasteiger partial charge in [-0.15, -0.1) is 0 Å². The van der Waals surface area contributed by atoms with Gasteiger partial charge >= 0.3 is 0 Å². The minimum Gasteiger partial charge on any atom is -0.477 e. The predicted molar refractivity (Wildman–Crippen MR) is 88.5 cm³/mol. The number of benzene rings is 2. The molecule has 114 valence electrons. The van der Waals surface area contributed by atoms with Gasteiger partial charge in [-0.1, -0.05) is 44.2 Å². The number of nitrogens with one attached hydrogen (secondary N) is 2. The molecule has 0 bridgehead atoms. The first-order valence-corrected chi connectivity index (χ1v) is 7.54. The molecule has 1 atom stereocenters. The molecule has 2 N–H and O–H groups in total. The van der Waals surface area contributed by atoms with E-state index in [4.69, 9.17) is 4.74 Å². The number of anilines is 2. The molecule has 1 aliphatic rings. The molecule has 22 heavy (non-hydrogen) atoms. The van der Waals surface area contributed by atoms with Crippen LogP contribution in [0.4, 0.5) is 11.4 Å². The van der Waals surface area contributed by atoms with E-state index in [1.54, 1.807) is 0 Å². The number of carbonyl (C=O) groups excluding carboxylic acids is 1. The van der Waals surface area contributed by atoms with Crippen LogP contribution in [0.2, 0.25) is 0 Å². The smallest absolute Gasteiger partial charge is 0.267 e. The Labute approximate surface area is 130 Å². The average molecular weight is 296 g/mol. The molecule has 0 aliphatic carbocycles. The lowest BCUT2D eigenvalue weighted by Gasteiger charge is -2.27. The van der Waals surface area contributed by atoms with Crippen LogP contribution in [0.5, 0.6) is 5.75 Å².